The highest BCUT2D eigenvalue weighted by molar-refractivity contribution is 7.19. The largest absolute Gasteiger partial charge is 0.375 e. The van der Waals surface area contributed by atoms with Crippen LogP contribution in [0.3, 0.4) is 0 Å². The second-order valence-corrected chi connectivity index (χ2v) is 4.45. The van der Waals surface area contributed by atoms with Crippen molar-refractivity contribution in [2.24, 2.45) is 0 Å². The van der Waals surface area contributed by atoms with E-state index < -0.39 is 0 Å². The van der Waals surface area contributed by atoms with Crippen LogP contribution in [-0.2, 0) is 6.42 Å². The number of hydrogen-bond donors (Lipinski definition) is 1. The van der Waals surface area contributed by atoms with Crippen LogP contribution in [0.15, 0.2) is 0 Å². The molecule has 0 radical (unpaired) electrons. The van der Waals surface area contributed by atoms with Gasteiger partial charge in [-0.1, -0.05) is 11.3 Å². The summed E-state index contributed by atoms with van der Waals surface area (Å²) in [4.78, 5) is 6.98. The Hall–Kier alpha value is -0.770. The zero-order valence-corrected chi connectivity index (χ0v) is 9.65. The van der Waals surface area contributed by atoms with Crippen LogP contribution in [0, 0.1) is 0 Å². The van der Waals surface area contributed by atoms with E-state index in [1.54, 1.807) is 11.3 Å². The average molecular weight is 211 g/mol. The van der Waals surface area contributed by atoms with Crippen molar-refractivity contribution in [2.45, 2.75) is 26.7 Å². The van der Waals surface area contributed by atoms with Gasteiger partial charge in [0.1, 0.15) is 5.00 Å². The van der Waals surface area contributed by atoms with Crippen molar-refractivity contribution < 1.29 is 0 Å². The van der Waals surface area contributed by atoms with E-state index in [1.165, 1.54) is 22.2 Å². The Morgan fingerprint density at radius 1 is 1.43 bits per heavy atom. The molecule has 1 aliphatic heterocycles. The third kappa shape index (κ3) is 1.71. The van der Waals surface area contributed by atoms with Crippen molar-refractivity contribution in [2.75, 3.05) is 29.9 Å². The van der Waals surface area contributed by atoms with E-state index in [9.17, 15) is 0 Å². The molecule has 1 aromatic rings. The molecule has 1 aromatic heterocycles. The van der Waals surface area contributed by atoms with Crippen LogP contribution >= 0.6 is 11.3 Å². The molecule has 2 rings (SSSR count). The summed E-state index contributed by atoms with van der Waals surface area (Å²) in [6.07, 6.45) is 2.36. The number of rotatable bonds is 3. The number of hydrogen-bond acceptors (Lipinski definition) is 4. The second-order valence-electron chi connectivity index (χ2n) is 3.47. The molecule has 0 atom stereocenters. The maximum Gasteiger partial charge on any atom is 0.187 e. The standard InChI is InChI=1S/C10H17N3S/c1-3-13(4-2)10-12-8-6-5-7-11-9(8)14-10/h11H,3-7H2,1-2H3. The molecule has 0 saturated heterocycles. The molecule has 0 saturated carbocycles. The van der Waals surface area contributed by atoms with Gasteiger partial charge in [-0.25, -0.2) is 4.98 Å². The van der Waals surface area contributed by atoms with Crippen LogP contribution in [0.2, 0.25) is 0 Å². The Balaban J connectivity index is 2.22. The molecule has 0 amide bonds. The molecular weight excluding hydrogens is 194 g/mol. The summed E-state index contributed by atoms with van der Waals surface area (Å²) in [7, 11) is 0. The van der Waals surface area contributed by atoms with Gasteiger partial charge < -0.3 is 10.2 Å². The minimum atomic E-state index is 1.04. The van der Waals surface area contributed by atoms with E-state index in [1.807, 2.05) is 0 Å². The predicted octanol–water partition coefficient (Wildman–Crippen LogP) is 2.35. The Bertz CT molecular complexity index is 281. The average Bonchev–Trinajstić information content (AvgIpc) is 2.63. The van der Waals surface area contributed by atoms with E-state index in [0.717, 1.165) is 26.1 Å². The lowest BCUT2D eigenvalue weighted by Crippen LogP contribution is -2.21. The fraction of sp³-hybridized carbons (Fsp3) is 0.700. The second kappa shape index (κ2) is 4.17. The van der Waals surface area contributed by atoms with Crippen molar-refractivity contribution in [3.8, 4) is 0 Å². The zero-order valence-electron chi connectivity index (χ0n) is 8.84. The number of aryl methyl sites for hydroxylation is 1. The molecular formula is C10H17N3S. The van der Waals surface area contributed by atoms with E-state index in [4.69, 9.17) is 0 Å². The summed E-state index contributed by atoms with van der Waals surface area (Å²) in [5.74, 6) is 0. The molecule has 0 spiro atoms. The van der Waals surface area contributed by atoms with Crippen LogP contribution in [0.5, 0.6) is 0 Å². The van der Waals surface area contributed by atoms with Crippen molar-refractivity contribution >= 4 is 21.5 Å². The minimum Gasteiger partial charge on any atom is -0.375 e. The molecule has 4 heteroatoms. The summed E-state index contributed by atoms with van der Waals surface area (Å²) in [5.41, 5.74) is 1.27. The number of fused-ring (bicyclic) bond motifs is 1. The Kier molecular flexibility index (Phi) is 2.91. The van der Waals surface area contributed by atoms with Gasteiger partial charge in [-0.15, -0.1) is 0 Å². The van der Waals surface area contributed by atoms with E-state index >= 15 is 0 Å². The van der Waals surface area contributed by atoms with Gasteiger partial charge in [0.05, 0.1) is 5.69 Å². The minimum absolute atomic E-state index is 1.04. The van der Waals surface area contributed by atoms with Crippen molar-refractivity contribution in [3.05, 3.63) is 5.69 Å². The molecule has 1 aliphatic rings. The summed E-state index contributed by atoms with van der Waals surface area (Å²) < 4.78 is 0. The lowest BCUT2D eigenvalue weighted by atomic mass is 10.2. The first kappa shape index (κ1) is 9.77. The van der Waals surface area contributed by atoms with Gasteiger partial charge in [-0.2, -0.15) is 0 Å². The topological polar surface area (TPSA) is 28.2 Å². The van der Waals surface area contributed by atoms with Crippen molar-refractivity contribution in [1.29, 1.82) is 0 Å². The molecule has 0 aliphatic carbocycles. The SMILES string of the molecule is CCN(CC)c1nc2c(s1)NCCC2. The number of aromatic nitrogens is 1. The smallest absolute Gasteiger partial charge is 0.187 e. The Morgan fingerprint density at radius 2 is 2.21 bits per heavy atom. The monoisotopic (exact) mass is 211 g/mol. The Labute approximate surface area is 89.1 Å². The molecule has 2 heterocycles. The third-order valence-electron chi connectivity index (χ3n) is 2.60. The van der Waals surface area contributed by atoms with Crippen LogP contribution in [-0.4, -0.2) is 24.6 Å². The summed E-state index contributed by atoms with van der Waals surface area (Å²) in [6.45, 7) is 7.55. The normalized spacial score (nSPS) is 14.7. The van der Waals surface area contributed by atoms with E-state index in [0.29, 0.717) is 0 Å². The van der Waals surface area contributed by atoms with Gasteiger partial charge in [0, 0.05) is 19.6 Å². The van der Waals surface area contributed by atoms with Gasteiger partial charge >= 0.3 is 0 Å². The molecule has 0 bridgehead atoms. The fourth-order valence-corrected chi connectivity index (χ4v) is 2.90. The van der Waals surface area contributed by atoms with Crippen LogP contribution in [0.25, 0.3) is 0 Å². The van der Waals surface area contributed by atoms with Gasteiger partial charge in [0.15, 0.2) is 5.13 Å². The van der Waals surface area contributed by atoms with Gasteiger partial charge in [0.2, 0.25) is 0 Å². The highest BCUT2D eigenvalue weighted by atomic mass is 32.1. The third-order valence-corrected chi connectivity index (χ3v) is 3.71. The molecule has 1 N–H and O–H groups in total. The van der Waals surface area contributed by atoms with E-state index in [-0.39, 0.29) is 0 Å². The first-order chi connectivity index (χ1) is 6.85. The lowest BCUT2D eigenvalue weighted by molar-refractivity contribution is 0.802. The lowest BCUT2D eigenvalue weighted by Gasteiger charge is -2.16. The molecule has 0 aromatic carbocycles. The van der Waals surface area contributed by atoms with E-state index in [2.05, 4.69) is 29.0 Å². The molecule has 78 valence electrons. The van der Waals surface area contributed by atoms with Crippen LogP contribution < -0.4 is 10.2 Å². The first-order valence-corrected chi connectivity index (χ1v) is 6.15. The number of nitrogens with zero attached hydrogens (tertiary/aromatic N) is 2. The number of nitrogens with one attached hydrogen (secondary N) is 1. The molecule has 0 fully saturated rings. The zero-order chi connectivity index (χ0) is 9.97. The highest BCUT2D eigenvalue weighted by Gasteiger charge is 2.16. The quantitative estimate of drug-likeness (QED) is 0.832. The number of thiazole rings is 1. The molecule has 14 heavy (non-hydrogen) atoms. The Morgan fingerprint density at radius 3 is 2.86 bits per heavy atom. The van der Waals surface area contributed by atoms with Gasteiger partial charge in [-0.05, 0) is 26.7 Å². The molecule has 3 nitrogen and oxygen atoms in total. The number of anilines is 2. The predicted molar refractivity (Wildman–Crippen MR) is 62.5 cm³/mol. The van der Waals surface area contributed by atoms with Crippen LogP contribution in [0.1, 0.15) is 26.0 Å². The highest BCUT2D eigenvalue weighted by Crippen LogP contribution is 2.33. The molecule has 0 unspecified atom stereocenters. The summed E-state index contributed by atoms with van der Waals surface area (Å²) in [5, 5.41) is 5.88. The summed E-state index contributed by atoms with van der Waals surface area (Å²) in [6, 6.07) is 0. The maximum absolute atomic E-state index is 4.67. The van der Waals surface area contributed by atoms with Crippen molar-refractivity contribution in [3.63, 3.8) is 0 Å². The van der Waals surface area contributed by atoms with Gasteiger partial charge in [-0.3, -0.25) is 0 Å². The van der Waals surface area contributed by atoms with Crippen LogP contribution in [0.4, 0.5) is 10.1 Å². The maximum atomic E-state index is 4.67. The summed E-state index contributed by atoms with van der Waals surface area (Å²) >= 11 is 1.80. The fourth-order valence-electron chi connectivity index (χ4n) is 1.73. The van der Waals surface area contributed by atoms with Crippen molar-refractivity contribution in [1.82, 2.24) is 4.98 Å². The first-order valence-electron chi connectivity index (χ1n) is 5.33. The van der Waals surface area contributed by atoms with Gasteiger partial charge in [0.25, 0.3) is 0 Å².